The molecule has 1 aromatic rings. The summed E-state index contributed by atoms with van der Waals surface area (Å²) in [5, 5.41) is 0. The van der Waals surface area contributed by atoms with E-state index in [1.165, 1.54) is 7.11 Å². The van der Waals surface area contributed by atoms with Gasteiger partial charge in [-0.25, -0.2) is 4.79 Å². The van der Waals surface area contributed by atoms with Gasteiger partial charge in [-0.05, 0) is 36.1 Å². The van der Waals surface area contributed by atoms with Gasteiger partial charge in [0.15, 0.2) is 0 Å². The molecule has 4 heteroatoms. The fourth-order valence-electron chi connectivity index (χ4n) is 3.16. The van der Waals surface area contributed by atoms with Crippen LogP contribution >= 0.6 is 0 Å². The molecular weight excluding hydrogens is 230 g/mol. The number of hydrogen-bond donors (Lipinski definition) is 1. The predicted molar refractivity (Wildman–Crippen MR) is 66.4 cm³/mol. The number of ether oxygens (including phenoxy) is 1. The van der Waals surface area contributed by atoms with E-state index < -0.39 is 5.97 Å². The molecule has 2 N–H and O–H groups in total. The Hall–Kier alpha value is -1.84. The molecular formula is C14H15NO3. The maximum Gasteiger partial charge on any atom is 0.338 e. The van der Waals surface area contributed by atoms with Crippen molar-refractivity contribution in [3.05, 3.63) is 28.8 Å². The zero-order chi connectivity index (χ0) is 12.9. The molecule has 2 aliphatic carbocycles. The lowest BCUT2D eigenvalue weighted by atomic mass is 9.64. The third-order valence-corrected chi connectivity index (χ3v) is 4.27. The quantitative estimate of drug-likeness (QED) is 0.602. The molecule has 0 amide bonds. The standard InChI is InChI=1S/C14H15NO3/c1-18-13(17)10-5-8(15)6-11-9(10)7-12(16)14(11)3-2-4-14/h5-6H,2-4,7,15H2,1H3. The van der Waals surface area contributed by atoms with Gasteiger partial charge in [0, 0.05) is 12.1 Å². The number of Topliss-reactive ketones (excluding diaryl/α,β-unsaturated/α-hetero) is 1. The number of carbonyl (C=O) groups is 2. The summed E-state index contributed by atoms with van der Waals surface area (Å²) in [5.74, 6) is -0.192. The van der Waals surface area contributed by atoms with Crippen LogP contribution in [0.1, 0.15) is 40.7 Å². The number of anilines is 1. The fraction of sp³-hybridized carbons (Fsp3) is 0.429. The molecule has 1 spiro atoms. The summed E-state index contributed by atoms with van der Waals surface area (Å²) < 4.78 is 4.77. The molecule has 0 radical (unpaired) electrons. The highest BCUT2D eigenvalue weighted by Gasteiger charge is 2.51. The van der Waals surface area contributed by atoms with Crippen LogP contribution in [0, 0.1) is 0 Å². The van der Waals surface area contributed by atoms with E-state index >= 15 is 0 Å². The van der Waals surface area contributed by atoms with Gasteiger partial charge in [0.25, 0.3) is 0 Å². The maximum absolute atomic E-state index is 12.2. The largest absolute Gasteiger partial charge is 0.465 e. The topological polar surface area (TPSA) is 69.4 Å². The third kappa shape index (κ3) is 1.26. The minimum atomic E-state index is -0.414. The zero-order valence-electron chi connectivity index (χ0n) is 10.3. The zero-order valence-corrected chi connectivity index (χ0v) is 10.3. The van der Waals surface area contributed by atoms with Crippen LogP contribution < -0.4 is 5.73 Å². The van der Waals surface area contributed by atoms with Gasteiger partial charge in [-0.3, -0.25) is 4.79 Å². The Labute approximate surface area is 105 Å². The first-order valence-electron chi connectivity index (χ1n) is 6.13. The van der Waals surface area contributed by atoms with E-state index in [0.717, 1.165) is 30.4 Å². The van der Waals surface area contributed by atoms with E-state index in [-0.39, 0.29) is 11.2 Å². The summed E-state index contributed by atoms with van der Waals surface area (Å²) >= 11 is 0. The van der Waals surface area contributed by atoms with Crippen molar-refractivity contribution in [1.29, 1.82) is 0 Å². The summed E-state index contributed by atoms with van der Waals surface area (Å²) in [4.78, 5) is 24.0. The van der Waals surface area contributed by atoms with E-state index in [0.29, 0.717) is 17.7 Å². The summed E-state index contributed by atoms with van der Waals surface area (Å²) in [6, 6.07) is 3.46. The highest BCUT2D eigenvalue weighted by Crippen LogP contribution is 2.51. The lowest BCUT2D eigenvalue weighted by Crippen LogP contribution is -2.39. The Bertz CT molecular complexity index is 558. The Kier molecular flexibility index (Phi) is 2.24. The van der Waals surface area contributed by atoms with Crippen LogP contribution in [0.3, 0.4) is 0 Å². The van der Waals surface area contributed by atoms with Crippen molar-refractivity contribution in [2.45, 2.75) is 31.1 Å². The van der Waals surface area contributed by atoms with Crippen molar-refractivity contribution >= 4 is 17.4 Å². The van der Waals surface area contributed by atoms with Gasteiger partial charge in [0.2, 0.25) is 0 Å². The van der Waals surface area contributed by atoms with Gasteiger partial charge in [-0.15, -0.1) is 0 Å². The molecule has 1 fully saturated rings. The molecule has 4 nitrogen and oxygen atoms in total. The molecule has 1 aromatic carbocycles. The summed E-state index contributed by atoms with van der Waals surface area (Å²) in [5.41, 5.74) is 8.25. The number of nitrogens with two attached hydrogens (primary N) is 1. The van der Waals surface area contributed by atoms with Gasteiger partial charge in [-0.1, -0.05) is 6.42 Å². The Morgan fingerprint density at radius 1 is 1.39 bits per heavy atom. The molecule has 0 bridgehead atoms. The van der Waals surface area contributed by atoms with Crippen LogP contribution in [0.4, 0.5) is 5.69 Å². The number of rotatable bonds is 1. The predicted octanol–water partition coefficient (Wildman–Crippen LogP) is 1.60. The van der Waals surface area contributed by atoms with Gasteiger partial charge in [0.1, 0.15) is 5.78 Å². The van der Waals surface area contributed by atoms with E-state index in [2.05, 4.69) is 0 Å². The molecule has 0 aromatic heterocycles. The molecule has 3 rings (SSSR count). The first kappa shape index (κ1) is 11.3. The van der Waals surface area contributed by atoms with Gasteiger partial charge in [0.05, 0.1) is 18.1 Å². The van der Waals surface area contributed by atoms with Crippen molar-refractivity contribution in [1.82, 2.24) is 0 Å². The molecule has 2 aliphatic rings. The minimum Gasteiger partial charge on any atom is -0.465 e. The van der Waals surface area contributed by atoms with E-state index in [4.69, 9.17) is 10.5 Å². The van der Waals surface area contributed by atoms with Gasteiger partial charge in [-0.2, -0.15) is 0 Å². The third-order valence-electron chi connectivity index (χ3n) is 4.27. The summed E-state index contributed by atoms with van der Waals surface area (Å²) in [6.45, 7) is 0. The van der Waals surface area contributed by atoms with E-state index in [9.17, 15) is 9.59 Å². The molecule has 1 saturated carbocycles. The number of esters is 1. The second kappa shape index (κ2) is 3.57. The average molecular weight is 245 g/mol. The van der Waals surface area contributed by atoms with Crippen LogP contribution in [0.25, 0.3) is 0 Å². The van der Waals surface area contributed by atoms with Crippen LogP contribution in [0.5, 0.6) is 0 Å². The normalized spacial score (nSPS) is 19.5. The van der Waals surface area contributed by atoms with Crippen LogP contribution in [-0.4, -0.2) is 18.9 Å². The van der Waals surface area contributed by atoms with E-state index in [1.807, 2.05) is 6.07 Å². The molecule has 94 valence electrons. The van der Waals surface area contributed by atoms with Gasteiger partial charge >= 0.3 is 5.97 Å². The van der Waals surface area contributed by atoms with Crippen molar-refractivity contribution in [3.8, 4) is 0 Å². The molecule has 0 heterocycles. The number of methoxy groups -OCH3 is 1. The molecule has 0 unspecified atom stereocenters. The number of hydrogen-bond acceptors (Lipinski definition) is 4. The minimum absolute atomic E-state index is 0.222. The molecule has 0 aliphatic heterocycles. The van der Waals surface area contributed by atoms with E-state index in [1.54, 1.807) is 6.07 Å². The molecule has 0 saturated heterocycles. The van der Waals surface area contributed by atoms with Crippen LogP contribution in [-0.2, 0) is 21.4 Å². The number of nitrogen functional groups attached to an aromatic ring is 1. The second-order valence-electron chi connectivity index (χ2n) is 5.12. The Balaban J connectivity index is 2.20. The summed E-state index contributed by atoms with van der Waals surface area (Å²) in [6.07, 6.45) is 3.15. The number of ketones is 1. The van der Waals surface area contributed by atoms with Gasteiger partial charge < -0.3 is 10.5 Å². The van der Waals surface area contributed by atoms with Crippen molar-refractivity contribution < 1.29 is 14.3 Å². The number of fused-ring (bicyclic) bond motifs is 2. The number of benzene rings is 1. The van der Waals surface area contributed by atoms with Crippen molar-refractivity contribution in [2.75, 3.05) is 12.8 Å². The lowest BCUT2D eigenvalue weighted by Gasteiger charge is -2.37. The Morgan fingerprint density at radius 2 is 2.11 bits per heavy atom. The maximum atomic E-state index is 12.2. The lowest BCUT2D eigenvalue weighted by molar-refractivity contribution is -0.125. The smallest absolute Gasteiger partial charge is 0.338 e. The van der Waals surface area contributed by atoms with Crippen LogP contribution in [0.15, 0.2) is 12.1 Å². The SMILES string of the molecule is COC(=O)c1cc(N)cc2c1CC(=O)C21CCC1. The van der Waals surface area contributed by atoms with Crippen molar-refractivity contribution in [3.63, 3.8) is 0 Å². The van der Waals surface area contributed by atoms with Crippen LogP contribution in [0.2, 0.25) is 0 Å². The fourth-order valence-corrected chi connectivity index (χ4v) is 3.16. The average Bonchev–Trinajstić information content (AvgIpc) is 2.58. The second-order valence-corrected chi connectivity index (χ2v) is 5.12. The highest BCUT2D eigenvalue weighted by atomic mass is 16.5. The molecule has 18 heavy (non-hydrogen) atoms. The molecule has 0 atom stereocenters. The van der Waals surface area contributed by atoms with Crippen molar-refractivity contribution in [2.24, 2.45) is 0 Å². The first-order valence-corrected chi connectivity index (χ1v) is 6.13. The monoisotopic (exact) mass is 245 g/mol. The summed E-state index contributed by atoms with van der Waals surface area (Å²) in [7, 11) is 1.34. The number of carbonyl (C=O) groups excluding carboxylic acids is 2. The Morgan fingerprint density at radius 3 is 2.67 bits per heavy atom. The highest BCUT2D eigenvalue weighted by molar-refractivity contribution is 6.03. The first-order chi connectivity index (χ1) is 8.58.